The minimum atomic E-state index is -2.76. The predicted octanol–water partition coefficient (Wildman–Crippen LogP) is 0.826. The van der Waals surface area contributed by atoms with E-state index in [9.17, 15) is 13.6 Å². The average Bonchev–Trinajstić information content (AvgIpc) is 2.38. The summed E-state index contributed by atoms with van der Waals surface area (Å²) in [6.07, 6.45) is 0. The van der Waals surface area contributed by atoms with Crippen molar-refractivity contribution in [2.45, 2.75) is 18.4 Å². The fourth-order valence-electron chi connectivity index (χ4n) is 1.35. The van der Waals surface area contributed by atoms with E-state index in [1.807, 2.05) is 0 Å². The number of esters is 1. The third-order valence-electron chi connectivity index (χ3n) is 2.14. The van der Waals surface area contributed by atoms with Gasteiger partial charge in [-0.3, -0.25) is 5.01 Å². The Morgan fingerprint density at radius 2 is 2.25 bits per heavy atom. The van der Waals surface area contributed by atoms with Crippen LogP contribution in [-0.2, 0) is 9.53 Å². The zero-order chi connectivity index (χ0) is 12.5. The van der Waals surface area contributed by atoms with Crippen molar-refractivity contribution in [3.8, 4) is 0 Å². The zero-order valence-corrected chi connectivity index (χ0v) is 10.4. The van der Waals surface area contributed by atoms with Crippen molar-refractivity contribution in [1.82, 2.24) is 10.0 Å². The maximum Gasteiger partial charge on any atom is 0.340 e. The second kappa shape index (κ2) is 4.96. The molecule has 0 bridgehead atoms. The first-order valence-corrected chi connectivity index (χ1v) is 5.44. The minimum absolute atomic E-state index is 0.00958. The van der Waals surface area contributed by atoms with Crippen LogP contribution in [0.4, 0.5) is 8.78 Å². The number of nitrogens with two attached hydrogens (primary N) is 1. The highest BCUT2D eigenvalue weighted by atomic mass is 79.9. The van der Waals surface area contributed by atoms with Gasteiger partial charge in [-0.05, 0) is 6.92 Å². The van der Waals surface area contributed by atoms with Crippen LogP contribution in [0.15, 0.2) is 11.4 Å². The number of carbonyl (C=O) groups excluding carboxylic acids is 1. The molecule has 0 aromatic heterocycles. The van der Waals surface area contributed by atoms with E-state index in [0.717, 1.165) is 5.01 Å². The Morgan fingerprint density at radius 3 is 2.62 bits per heavy atom. The molecule has 1 heterocycles. The summed E-state index contributed by atoms with van der Waals surface area (Å²) in [5.41, 5.74) is 5.56. The summed E-state index contributed by atoms with van der Waals surface area (Å²) in [5.74, 6) is -0.738. The van der Waals surface area contributed by atoms with Crippen molar-refractivity contribution in [2.75, 3.05) is 13.7 Å². The topological polar surface area (TPSA) is 58.8 Å². The molecule has 2 N–H and O–H groups in total. The summed E-state index contributed by atoms with van der Waals surface area (Å²) >= 11 is 2.99. The van der Waals surface area contributed by atoms with Gasteiger partial charge in [-0.1, -0.05) is 15.9 Å². The largest absolute Gasteiger partial charge is 0.462 e. The Kier molecular flexibility index (Phi) is 4.09. The summed E-state index contributed by atoms with van der Waals surface area (Å²) in [6.45, 7) is -0.977. The van der Waals surface area contributed by atoms with Gasteiger partial charge in [0.1, 0.15) is 16.3 Å². The normalized spacial score (nSPS) is 22.1. The van der Waals surface area contributed by atoms with E-state index < -0.39 is 17.5 Å². The predicted molar refractivity (Wildman–Crippen MR) is 56.2 cm³/mol. The highest BCUT2D eigenvalue weighted by Crippen LogP contribution is 2.32. The number of rotatable bonds is 3. The number of hydrogen-bond donors (Lipinski definition) is 1. The molecule has 1 aliphatic rings. The lowest BCUT2D eigenvalue weighted by molar-refractivity contribution is -0.140. The van der Waals surface area contributed by atoms with Gasteiger partial charge in [0, 0.05) is 7.05 Å². The summed E-state index contributed by atoms with van der Waals surface area (Å²) in [5, 5.41) is 1.66. The molecule has 0 saturated carbocycles. The molecule has 0 amide bonds. The monoisotopic (exact) mass is 299 g/mol. The number of ether oxygens (including phenoxy) is 1. The maximum absolute atomic E-state index is 12.7. The lowest BCUT2D eigenvalue weighted by Crippen LogP contribution is -2.43. The molecular weight excluding hydrogens is 288 g/mol. The number of carbonyl (C=O) groups is 1. The molecule has 16 heavy (non-hydrogen) atoms. The Morgan fingerprint density at radius 1 is 1.69 bits per heavy atom. The van der Waals surface area contributed by atoms with Gasteiger partial charge in [0.2, 0.25) is 0 Å². The van der Waals surface area contributed by atoms with E-state index in [1.54, 1.807) is 6.92 Å². The molecule has 0 aromatic carbocycles. The second-order valence-electron chi connectivity index (χ2n) is 3.04. The van der Waals surface area contributed by atoms with Gasteiger partial charge < -0.3 is 10.5 Å². The minimum Gasteiger partial charge on any atom is -0.462 e. The summed E-state index contributed by atoms with van der Waals surface area (Å²) in [6, 6.07) is 0. The van der Waals surface area contributed by atoms with E-state index in [4.69, 9.17) is 10.5 Å². The van der Waals surface area contributed by atoms with E-state index in [1.165, 1.54) is 7.05 Å². The van der Waals surface area contributed by atoms with Gasteiger partial charge in [-0.15, -0.1) is 5.01 Å². The van der Waals surface area contributed by atoms with Crippen molar-refractivity contribution in [3.63, 3.8) is 0 Å². The first-order valence-electron chi connectivity index (χ1n) is 4.52. The molecule has 1 rings (SSSR count). The molecule has 1 aliphatic heterocycles. The standard InChI is InChI=1S/C8H12BrF2N3O2/c1-3-16-7(15)4-5(9)14(8(10)11)13(2)6(4)12/h5,8H,3,12H2,1-2H3. The Bertz CT molecular complexity index is 324. The van der Waals surface area contributed by atoms with Gasteiger partial charge in [0.05, 0.1) is 6.61 Å². The summed E-state index contributed by atoms with van der Waals surface area (Å²) < 4.78 is 30.1. The third-order valence-corrected chi connectivity index (χ3v) is 3.01. The maximum atomic E-state index is 12.7. The van der Waals surface area contributed by atoms with E-state index in [-0.39, 0.29) is 18.0 Å². The van der Waals surface area contributed by atoms with Gasteiger partial charge in [0.25, 0.3) is 0 Å². The van der Waals surface area contributed by atoms with Crippen LogP contribution >= 0.6 is 15.9 Å². The van der Waals surface area contributed by atoms with Crippen LogP contribution in [0, 0.1) is 0 Å². The van der Waals surface area contributed by atoms with Gasteiger partial charge in [-0.25, -0.2) is 4.79 Å². The Balaban J connectivity index is 2.96. The average molecular weight is 300 g/mol. The van der Waals surface area contributed by atoms with Crippen molar-refractivity contribution >= 4 is 21.9 Å². The quantitative estimate of drug-likeness (QED) is 0.475. The van der Waals surface area contributed by atoms with E-state index >= 15 is 0 Å². The van der Waals surface area contributed by atoms with E-state index in [2.05, 4.69) is 15.9 Å². The number of hydrogen-bond acceptors (Lipinski definition) is 5. The first-order chi connectivity index (χ1) is 7.41. The van der Waals surface area contributed by atoms with Crippen molar-refractivity contribution < 1.29 is 18.3 Å². The summed E-state index contributed by atoms with van der Waals surface area (Å²) in [7, 11) is 1.35. The highest BCUT2D eigenvalue weighted by molar-refractivity contribution is 9.09. The fourth-order valence-corrected chi connectivity index (χ4v) is 2.22. The molecular formula is C8H12BrF2N3O2. The molecule has 0 radical (unpaired) electrons. The molecule has 8 heteroatoms. The zero-order valence-electron chi connectivity index (χ0n) is 8.78. The lowest BCUT2D eigenvalue weighted by Gasteiger charge is -2.27. The number of alkyl halides is 3. The molecule has 0 aliphatic carbocycles. The van der Waals surface area contributed by atoms with Crippen LogP contribution in [0.2, 0.25) is 0 Å². The molecule has 0 aromatic rings. The Hall–Kier alpha value is -0.890. The van der Waals surface area contributed by atoms with Crippen LogP contribution in [-0.4, -0.2) is 41.1 Å². The molecule has 0 spiro atoms. The SMILES string of the molecule is CCOC(=O)C1=C(N)N(C)N(C(F)F)C1Br. The molecule has 1 unspecified atom stereocenters. The van der Waals surface area contributed by atoms with Crippen molar-refractivity contribution in [1.29, 1.82) is 0 Å². The number of nitrogens with zero attached hydrogens (tertiary/aromatic N) is 2. The molecule has 92 valence electrons. The van der Waals surface area contributed by atoms with Crippen LogP contribution < -0.4 is 5.73 Å². The summed E-state index contributed by atoms with van der Waals surface area (Å²) in [4.78, 5) is 10.5. The lowest BCUT2D eigenvalue weighted by atomic mass is 10.3. The van der Waals surface area contributed by atoms with Crippen LogP contribution in [0.5, 0.6) is 0 Å². The molecule has 5 nitrogen and oxygen atoms in total. The van der Waals surface area contributed by atoms with E-state index in [0.29, 0.717) is 5.01 Å². The molecule has 0 saturated heterocycles. The van der Waals surface area contributed by atoms with Crippen molar-refractivity contribution in [2.24, 2.45) is 5.73 Å². The highest BCUT2D eigenvalue weighted by Gasteiger charge is 2.42. The number of halogens is 3. The van der Waals surface area contributed by atoms with Gasteiger partial charge >= 0.3 is 12.5 Å². The second-order valence-corrected chi connectivity index (χ2v) is 3.90. The van der Waals surface area contributed by atoms with Gasteiger partial charge in [-0.2, -0.15) is 8.78 Å². The van der Waals surface area contributed by atoms with Crippen molar-refractivity contribution in [3.05, 3.63) is 11.4 Å². The van der Waals surface area contributed by atoms with Crippen LogP contribution in [0.3, 0.4) is 0 Å². The number of hydrazine groups is 1. The smallest absolute Gasteiger partial charge is 0.340 e. The third kappa shape index (κ3) is 2.12. The molecule has 0 fully saturated rings. The first kappa shape index (κ1) is 13.2. The fraction of sp³-hybridized carbons (Fsp3) is 0.625. The molecule has 1 atom stereocenters. The van der Waals surface area contributed by atoms with Gasteiger partial charge in [0.15, 0.2) is 0 Å². The Labute approximate surface area is 99.9 Å². The van der Waals surface area contributed by atoms with Crippen LogP contribution in [0.1, 0.15) is 6.92 Å². The van der Waals surface area contributed by atoms with Crippen LogP contribution in [0.25, 0.3) is 0 Å².